The summed E-state index contributed by atoms with van der Waals surface area (Å²) in [5.74, 6) is -0.229. The van der Waals surface area contributed by atoms with Crippen molar-refractivity contribution in [3.8, 4) is 6.07 Å². The van der Waals surface area contributed by atoms with E-state index in [1.807, 2.05) is 0 Å². The van der Waals surface area contributed by atoms with Crippen LogP contribution in [0, 0.1) is 22.6 Å². The Bertz CT molecular complexity index is 429. The Morgan fingerprint density at radius 3 is 2.20 bits per heavy atom. The van der Waals surface area contributed by atoms with Crippen LogP contribution in [0.25, 0.3) is 0 Å². The maximum Gasteiger partial charge on any atom is 0.123 e. The minimum atomic E-state index is -0.315. The van der Waals surface area contributed by atoms with Crippen molar-refractivity contribution in [2.45, 2.75) is 31.1 Å². The molecule has 0 aliphatic heterocycles. The van der Waals surface area contributed by atoms with Gasteiger partial charge in [-0.1, -0.05) is 12.1 Å². The van der Waals surface area contributed by atoms with Crippen LogP contribution in [0.3, 0.4) is 0 Å². The smallest absolute Gasteiger partial charge is 0.123 e. The summed E-state index contributed by atoms with van der Waals surface area (Å²) in [5.41, 5.74) is 1.16. The largest absolute Gasteiger partial charge is 0.207 e. The van der Waals surface area contributed by atoms with Crippen molar-refractivity contribution < 1.29 is 4.39 Å². The fourth-order valence-corrected chi connectivity index (χ4v) is 2.88. The number of hydrogen-bond acceptors (Lipinski definition) is 1. The zero-order valence-electron chi connectivity index (χ0n) is 8.46. The van der Waals surface area contributed by atoms with Crippen molar-refractivity contribution in [3.05, 3.63) is 35.6 Å². The van der Waals surface area contributed by atoms with Crippen LogP contribution < -0.4 is 0 Å². The van der Waals surface area contributed by atoms with Crippen LogP contribution >= 0.6 is 0 Å². The molecule has 1 spiro atoms. The molecule has 3 rings (SSSR count). The first kappa shape index (κ1) is 8.91. The van der Waals surface area contributed by atoms with Crippen molar-refractivity contribution in [3.63, 3.8) is 0 Å². The molecule has 0 heterocycles. The Balaban J connectivity index is 1.92. The summed E-state index contributed by atoms with van der Waals surface area (Å²) < 4.78 is 12.8. The molecule has 2 aliphatic rings. The summed E-state index contributed by atoms with van der Waals surface area (Å²) in [6, 6.07) is 8.84. The Hall–Kier alpha value is -1.36. The first-order valence-corrected chi connectivity index (χ1v) is 5.36. The van der Waals surface area contributed by atoms with Gasteiger partial charge in [0.25, 0.3) is 0 Å². The quantitative estimate of drug-likeness (QED) is 0.684. The van der Waals surface area contributed by atoms with Gasteiger partial charge in [-0.2, -0.15) is 5.26 Å². The summed E-state index contributed by atoms with van der Waals surface area (Å²) in [4.78, 5) is 0. The number of halogens is 1. The molecule has 0 unspecified atom stereocenters. The second kappa shape index (κ2) is 2.61. The van der Waals surface area contributed by atoms with Crippen LogP contribution in [0.2, 0.25) is 0 Å². The molecule has 76 valence electrons. The maximum absolute atomic E-state index is 12.8. The molecule has 2 fully saturated rings. The molecule has 0 bridgehead atoms. The van der Waals surface area contributed by atoms with Gasteiger partial charge in [0.1, 0.15) is 5.82 Å². The van der Waals surface area contributed by atoms with E-state index in [-0.39, 0.29) is 11.2 Å². The van der Waals surface area contributed by atoms with Gasteiger partial charge >= 0.3 is 0 Å². The van der Waals surface area contributed by atoms with E-state index in [0.717, 1.165) is 18.4 Å². The molecule has 2 saturated carbocycles. The monoisotopic (exact) mass is 201 g/mol. The zero-order chi connectivity index (χ0) is 10.5. The Kier molecular flexibility index (Phi) is 1.55. The first-order valence-electron chi connectivity index (χ1n) is 5.36. The topological polar surface area (TPSA) is 23.8 Å². The molecule has 0 saturated heterocycles. The van der Waals surface area contributed by atoms with E-state index in [1.54, 1.807) is 12.1 Å². The number of hydrogen-bond donors (Lipinski definition) is 0. The van der Waals surface area contributed by atoms with E-state index < -0.39 is 0 Å². The third-order valence-electron chi connectivity index (χ3n) is 3.92. The van der Waals surface area contributed by atoms with Crippen molar-refractivity contribution in [2.24, 2.45) is 5.41 Å². The van der Waals surface area contributed by atoms with Gasteiger partial charge in [0.2, 0.25) is 0 Å². The molecule has 0 radical (unpaired) electrons. The zero-order valence-corrected chi connectivity index (χ0v) is 8.46. The lowest BCUT2D eigenvalue weighted by Gasteiger charge is -2.43. The molecule has 2 heteroatoms. The van der Waals surface area contributed by atoms with Gasteiger partial charge in [0, 0.05) is 0 Å². The van der Waals surface area contributed by atoms with Gasteiger partial charge in [-0.25, -0.2) is 4.39 Å². The van der Waals surface area contributed by atoms with Gasteiger partial charge in [-0.15, -0.1) is 0 Å². The molecule has 15 heavy (non-hydrogen) atoms. The highest BCUT2D eigenvalue weighted by Crippen LogP contribution is 2.68. The van der Waals surface area contributed by atoms with Crippen LogP contribution in [0.15, 0.2) is 24.3 Å². The lowest BCUT2D eigenvalue weighted by molar-refractivity contribution is 0.173. The molecule has 0 N–H and O–H groups in total. The lowest BCUT2D eigenvalue weighted by atomic mass is 9.57. The fourth-order valence-electron chi connectivity index (χ4n) is 2.88. The number of nitriles is 1. The summed E-state index contributed by atoms with van der Waals surface area (Å²) in [6.07, 6.45) is 4.50. The molecule has 2 aliphatic carbocycles. The minimum absolute atomic E-state index is 0.229. The van der Waals surface area contributed by atoms with Gasteiger partial charge < -0.3 is 0 Å². The van der Waals surface area contributed by atoms with E-state index in [9.17, 15) is 9.65 Å². The lowest BCUT2D eigenvalue weighted by Crippen LogP contribution is -2.41. The molecule has 0 amide bonds. The summed E-state index contributed by atoms with van der Waals surface area (Å²) in [5, 5.41) is 9.28. The Morgan fingerprint density at radius 2 is 1.73 bits per heavy atom. The van der Waals surface area contributed by atoms with E-state index in [1.165, 1.54) is 25.0 Å². The highest BCUT2D eigenvalue weighted by atomic mass is 19.1. The molecule has 1 aromatic rings. The molecule has 1 aromatic carbocycles. The highest BCUT2D eigenvalue weighted by molar-refractivity contribution is 5.39. The molecule has 1 nitrogen and oxygen atoms in total. The van der Waals surface area contributed by atoms with Gasteiger partial charge in [-0.3, -0.25) is 0 Å². The number of nitrogens with zero attached hydrogens (tertiary/aromatic N) is 1. The summed E-state index contributed by atoms with van der Waals surface area (Å²) in [6.45, 7) is 0. The van der Waals surface area contributed by atoms with Crippen molar-refractivity contribution in [2.75, 3.05) is 0 Å². The van der Waals surface area contributed by atoms with E-state index in [4.69, 9.17) is 0 Å². The van der Waals surface area contributed by atoms with E-state index >= 15 is 0 Å². The van der Waals surface area contributed by atoms with Crippen molar-refractivity contribution in [1.29, 1.82) is 5.26 Å². The standard InChI is InChI=1S/C13H12FN/c14-11-3-1-10(2-4-11)13(9-15)7-12(8-13)5-6-12/h1-4H,5-8H2. The van der Waals surface area contributed by atoms with Crippen LogP contribution in [-0.2, 0) is 5.41 Å². The summed E-state index contributed by atoms with van der Waals surface area (Å²) >= 11 is 0. The van der Waals surface area contributed by atoms with Crippen LogP contribution in [0.5, 0.6) is 0 Å². The van der Waals surface area contributed by atoms with Crippen LogP contribution in [0.4, 0.5) is 4.39 Å². The molecular weight excluding hydrogens is 189 g/mol. The van der Waals surface area contributed by atoms with Gasteiger partial charge in [0.05, 0.1) is 11.5 Å². The first-order chi connectivity index (χ1) is 7.18. The summed E-state index contributed by atoms with van der Waals surface area (Å²) in [7, 11) is 0. The molecular formula is C13H12FN. The normalized spacial score (nSPS) is 24.3. The van der Waals surface area contributed by atoms with Crippen molar-refractivity contribution >= 4 is 0 Å². The van der Waals surface area contributed by atoms with E-state index in [0.29, 0.717) is 5.41 Å². The third kappa shape index (κ3) is 1.19. The van der Waals surface area contributed by atoms with Crippen LogP contribution in [-0.4, -0.2) is 0 Å². The van der Waals surface area contributed by atoms with Crippen LogP contribution in [0.1, 0.15) is 31.2 Å². The SMILES string of the molecule is N#CC1(c2ccc(F)cc2)CC2(CC2)C1. The predicted octanol–water partition coefficient (Wildman–Crippen LogP) is 3.16. The average molecular weight is 201 g/mol. The molecule has 0 aromatic heterocycles. The minimum Gasteiger partial charge on any atom is -0.207 e. The fraction of sp³-hybridized carbons (Fsp3) is 0.462. The van der Waals surface area contributed by atoms with E-state index in [2.05, 4.69) is 6.07 Å². The Morgan fingerprint density at radius 1 is 1.13 bits per heavy atom. The predicted molar refractivity (Wildman–Crippen MR) is 54.6 cm³/mol. The average Bonchev–Trinajstić information content (AvgIpc) is 2.96. The van der Waals surface area contributed by atoms with Gasteiger partial charge in [0.15, 0.2) is 0 Å². The number of rotatable bonds is 1. The van der Waals surface area contributed by atoms with Crippen molar-refractivity contribution in [1.82, 2.24) is 0 Å². The maximum atomic E-state index is 12.8. The number of benzene rings is 1. The highest BCUT2D eigenvalue weighted by Gasteiger charge is 2.61. The van der Waals surface area contributed by atoms with Gasteiger partial charge in [-0.05, 0) is 48.8 Å². The Labute approximate surface area is 88.5 Å². The second-order valence-electron chi connectivity index (χ2n) is 5.05. The second-order valence-corrected chi connectivity index (χ2v) is 5.05. The molecule has 0 atom stereocenters. The third-order valence-corrected chi connectivity index (χ3v) is 3.92.